The van der Waals surface area contributed by atoms with E-state index in [2.05, 4.69) is 0 Å². The highest BCUT2D eigenvalue weighted by Gasteiger charge is 2.18. The molecular formula is C12H11FO2. The van der Waals surface area contributed by atoms with Gasteiger partial charge in [0, 0.05) is 5.56 Å². The number of hydrogen-bond acceptors (Lipinski definition) is 2. The van der Waals surface area contributed by atoms with Crippen LogP contribution in [0.15, 0.2) is 41.0 Å². The first-order valence-electron chi connectivity index (χ1n) is 4.66. The lowest BCUT2D eigenvalue weighted by Gasteiger charge is -2.08. The summed E-state index contributed by atoms with van der Waals surface area (Å²) in [4.78, 5) is 0. The predicted molar refractivity (Wildman–Crippen MR) is 53.9 cm³/mol. The molecule has 0 fully saturated rings. The number of halogens is 1. The fourth-order valence-electron chi connectivity index (χ4n) is 1.47. The monoisotopic (exact) mass is 206 g/mol. The minimum Gasteiger partial charge on any atom is -0.463 e. The van der Waals surface area contributed by atoms with Crippen molar-refractivity contribution in [2.24, 2.45) is 0 Å². The van der Waals surface area contributed by atoms with Gasteiger partial charge in [-0.25, -0.2) is 4.39 Å². The molecule has 2 rings (SSSR count). The van der Waals surface area contributed by atoms with E-state index in [0.29, 0.717) is 11.1 Å². The molecule has 15 heavy (non-hydrogen) atoms. The van der Waals surface area contributed by atoms with Gasteiger partial charge in [-0.1, -0.05) is 30.3 Å². The molecule has 3 heteroatoms. The van der Waals surface area contributed by atoms with Crippen LogP contribution in [-0.2, 0) is 0 Å². The Kier molecular flexibility index (Phi) is 2.56. The third kappa shape index (κ3) is 1.78. The largest absolute Gasteiger partial charge is 0.463 e. The van der Waals surface area contributed by atoms with Crippen LogP contribution >= 0.6 is 0 Å². The van der Waals surface area contributed by atoms with E-state index in [1.165, 1.54) is 0 Å². The Morgan fingerprint density at radius 1 is 1.27 bits per heavy atom. The summed E-state index contributed by atoms with van der Waals surface area (Å²) in [6.07, 6.45) is 0.104. The molecule has 78 valence electrons. The SMILES string of the molecule is Cc1c(F)coc1C(O)c1ccccc1. The summed E-state index contributed by atoms with van der Waals surface area (Å²) in [5, 5.41) is 9.93. The van der Waals surface area contributed by atoms with Gasteiger partial charge in [-0.15, -0.1) is 0 Å². The van der Waals surface area contributed by atoms with Crippen molar-refractivity contribution >= 4 is 0 Å². The van der Waals surface area contributed by atoms with Gasteiger partial charge in [0.25, 0.3) is 0 Å². The van der Waals surface area contributed by atoms with Crippen LogP contribution in [0.1, 0.15) is 23.0 Å². The van der Waals surface area contributed by atoms with Gasteiger partial charge in [-0.2, -0.15) is 0 Å². The van der Waals surface area contributed by atoms with Crippen LogP contribution in [0, 0.1) is 12.7 Å². The van der Waals surface area contributed by atoms with E-state index in [9.17, 15) is 9.50 Å². The van der Waals surface area contributed by atoms with Gasteiger partial charge in [0.05, 0.1) is 0 Å². The first kappa shape index (κ1) is 9.93. The topological polar surface area (TPSA) is 33.4 Å². The number of aliphatic hydroxyl groups is 1. The van der Waals surface area contributed by atoms with Gasteiger partial charge in [-0.05, 0) is 12.5 Å². The molecule has 0 spiro atoms. The van der Waals surface area contributed by atoms with Gasteiger partial charge in [0.2, 0.25) is 0 Å². The molecular weight excluding hydrogens is 195 g/mol. The first-order valence-corrected chi connectivity index (χ1v) is 4.66. The Morgan fingerprint density at radius 3 is 2.47 bits per heavy atom. The second-order valence-corrected chi connectivity index (χ2v) is 3.39. The van der Waals surface area contributed by atoms with E-state index < -0.39 is 11.9 Å². The second-order valence-electron chi connectivity index (χ2n) is 3.39. The summed E-state index contributed by atoms with van der Waals surface area (Å²) < 4.78 is 18.0. The van der Waals surface area contributed by atoms with E-state index in [1.54, 1.807) is 19.1 Å². The molecule has 1 aromatic heterocycles. The van der Waals surface area contributed by atoms with Gasteiger partial charge >= 0.3 is 0 Å². The second kappa shape index (κ2) is 3.87. The zero-order valence-electron chi connectivity index (χ0n) is 8.27. The lowest BCUT2D eigenvalue weighted by atomic mass is 10.1. The fourth-order valence-corrected chi connectivity index (χ4v) is 1.47. The molecule has 2 nitrogen and oxygen atoms in total. The van der Waals surface area contributed by atoms with Gasteiger partial charge in [0.1, 0.15) is 18.1 Å². The van der Waals surface area contributed by atoms with Crippen molar-refractivity contribution in [3.05, 3.63) is 59.3 Å². The van der Waals surface area contributed by atoms with Crippen molar-refractivity contribution in [2.75, 3.05) is 0 Å². The molecule has 1 atom stereocenters. The smallest absolute Gasteiger partial charge is 0.164 e. The Hall–Kier alpha value is -1.61. The fraction of sp³-hybridized carbons (Fsp3) is 0.167. The summed E-state index contributed by atoms with van der Waals surface area (Å²) in [7, 11) is 0. The summed E-state index contributed by atoms with van der Waals surface area (Å²) in [6, 6.07) is 9.02. The Bertz CT molecular complexity index is 448. The van der Waals surface area contributed by atoms with E-state index >= 15 is 0 Å². The molecule has 1 N–H and O–H groups in total. The zero-order valence-corrected chi connectivity index (χ0v) is 8.27. The summed E-state index contributed by atoms with van der Waals surface area (Å²) >= 11 is 0. The average Bonchev–Trinajstić information content (AvgIpc) is 2.60. The Labute approximate surface area is 87.0 Å². The van der Waals surface area contributed by atoms with Crippen LogP contribution in [0.2, 0.25) is 0 Å². The summed E-state index contributed by atoms with van der Waals surface area (Å²) in [5.41, 5.74) is 1.04. The lowest BCUT2D eigenvalue weighted by molar-refractivity contribution is 0.188. The highest BCUT2D eigenvalue weighted by molar-refractivity contribution is 5.29. The van der Waals surface area contributed by atoms with Crippen LogP contribution in [0.4, 0.5) is 4.39 Å². The molecule has 0 radical (unpaired) electrons. The maximum Gasteiger partial charge on any atom is 0.164 e. The summed E-state index contributed by atoms with van der Waals surface area (Å²) in [5.74, 6) is -0.168. The van der Waals surface area contributed by atoms with Crippen molar-refractivity contribution < 1.29 is 13.9 Å². The molecule has 0 aliphatic carbocycles. The number of benzene rings is 1. The maximum absolute atomic E-state index is 13.0. The van der Waals surface area contributed by atoms with E-state index in [4.69, 9.17) is 4.42 Å². The molecule has 2 aromatic rings. The quantitative estimate of drug-likeness (QED) is 0.819. The molecule has 0 aliphatic rings. The maximum atomic E-state index is 13.0. The molecule has 1 aromatic carbocycles. The highest BCUT2D eigenvalue weighted by atomic mass is 19.1. The van der Waals surface area contributed by atoms with Crippen molar-refractivity contribution in [2.45, 2.75) is 13.0 Å². The highest BCUT2D eigenvalue weighted by Crippen LogP contribution is 2.26. The van der Waals surface area contributed by atoms with Crippen LogP contribution in [0.3, 0.4) is 0 Å². The Morgan fingerprint density at radius 2 is 1.93 bits per heavy atom. The minimum absolute atomic E-state index is 0.263. The third-order valence-electron chi connectivity index (χ3n) is 2.38. The van der Waals surface area contributed by atoms with Crippen molar-refractivity contribution in [3.8, 4) is 0 Å². The number of hydrogen-bond donors (Lipinski definition) is 1. The average molecular weight is 206 g/mol. The predicted octanol–water partition coefficient (Wildman–Crippen LogP) is 2.81. The lowest BCUT2D eigenvalue weighted by Crippen LogP contribution is -1.99. The Balaban J connectivity index is 2.37. The van der Waals surface area contributed by atoms with E-state index in [1.807, 2.05) is 18.2 Å². The van der Waals surface area contributed by atoms with Crippen LogP contribution < -0.4 is 0 Å². The van der Waals surface area contributed by atoms with Crippen LogP contribution in [0.25, 0.3) is 0 Å². The normalized spacial score (nSPS) is 12.7. The minimum atomic E-state index is -0.907. The molecule has 0 amide bonds. The number of furan rings is 1. The number of rotatable bonds is 2. The first-order chi connectivity index (χ1) is 7.20. The number of aliphatic hydroxyl groups excluding tert-OH is 1. The zero-order chi connectivity index (χ0) is 10.8. The van der Waals surface area contributed by atoms with Crippen molar-refractivity contribution in [1.29, 1.82) is 0 Å². The van der Waals surface area contributed by atoms with Crippen LogP contribution in [-0.4, -0.2) is 5.11 Å². The van der Waals surface area contributed by atoms with Crippen molar-refractivity contribution in [3.63, 3.8) is 0 Å². The van der Waals surface area contributed by atoms with Gasteiger partial charge in [0.15, 0.2) is 5.82 Å². The standard InChI is InChI=1S/C12H11FO2/c1-8-10(13)7-15-12(8)11(14)9-5-3-2-4-6-9/h2-7,11,14H,1H3. The van der Waals surface area contributed by atoms with Gasteiger partial charge < -0.3 is 9.52 Å². The summed E-state index contributed by atoms with van der Waals surface area (Å²) in [6.45, 7) is 1.58. The molecule has 1 unspecified atom stereocenters. The molecule has 1 heterocycles. The van der Waals surface area contributed by atoms with Crippen molar-refractivity contribution in [1.82, 2.24) is 0 Å². The molecule has 0 saturated heterocycles. The molecule has 0 aliphatic heterocycles. The van der Waals surface area contributed by atoms with Gasteiger partial charge in [-0.3, -0.25) is 0 Å². The molecule has 0 bridgehead atoms. The van der Waals surface area contributed by atoms with E-state index in [0.717, 1.165) is 6.26 Å². The van der Waals surface area contributed by atoms with E-state index in [-0.39, 0.29) is 5.76 Å². The third-order valence-corrected chi connectivity index (χ3v) is 2.38. The van der Waals surface area contributed by atoms with Crippen LogP contribution in [0.5, 0.6) is 0 Å². The molecule has 0 saturated carbocycles.